The molecule has 2 amide bonds. The molecule has 0 saturated carbocycles. The van der Waals surface area contributed by atoms with Crippen LogP contribution in [0.3, 0.4) is 0 Å². The Morgan fingerprint density at radius 3 is 2.65 bits per heavy atom. The lowest BCUT2D eigenvalue weighted by atomic mass is 9.96. The highest BCUT2D eigenvalue weighted by Crippen LogP contribution is 2.33. The number of carbonyl (C=O) groups excluding carboxylic acids is 1. The zero-order chi connectivity index (χ0) is 17.2. The Bertz CT molecular complexity index is 569. The van der Waals surface area contributed by atoms with Crippen molar-refractivity contribution >= 4 is 23.5 Å². The summed E-state index contributed by atoms with van der Waals surface area (Å²) in [6.07, 6.45) is 0.413. The fourth-order valence-corrected chi connectivity index (χ4v) is 3.70. The first-order valence-corrected chi connectivity index (χ1v) is 9.01. The number of piperidine rings is 1. The average molecular weight is 337 g/mol. The maximum Gasteiger partial charge on any atom is 0.321 e. The van der Waals surface area contributed by atoms with Gasteiger partial charge < -0.3 is 15.3 Å². The number of likely N-dealkylation sites (tertiary alicyclic amines) is 1. The molecular weight excluding hydrogens is 308 g/mol. The van der Waals surface area contributed by atoms with Crippen molar-refractivity contribution in [1.82, 2.24) is 4.90 Å². The van der Waals surface area contributed by atoms with Gasteiger partial charge in [-0.3, -0.25) is 0 Å². The minimum atomic E-state index is -0.429. The largest absolute Gasteiger partial charge is 0.391 e. The lowest BCUT2D eigenvalue weighted by Gasteiger charge is -2.34. The maximum atomic E-state index is 12.4. The van der Waals surface area contributed by atoms with Gasteiger partial charge in [0.25, 0.3) is 0 Å². The Kier molecular flexibility index (Phi) is 5.63. The van der Waals surface area contributed by atoms with Crippen LogP contribution in [0.4, 0.5) is 10.5 Å². The van der Waals surface area contributed by atoms with Crippen molar-refractivity contribution in [3.05, 3.63) is 23.8 Å². The number of β-amino-alcohol motifs (C(OH)–C–C–N with tert-alkyl or cyclic N) is 1. The Labute approximate surface area is 143 Å². The van der Waals surface area contributed by atoms with Gasteiger partial charge in [-0.25, -0.2) is 4.79 Å². The number of amides is 2. The van der Waals surface area contributed by atoms with Gasteiger partial charge >= 0.3 is 6.03 Å². The van der Waals surface area contributed by atoms with E-state index in [1.807, 2.05) is 37.7 Å². The number of carbonyl (C=O) groups is 1. The lowest BCUT2D eigenvalue weighted by molar-refractivity contribution is 0.0464. The normalized spacial score (nSPS) is 22.1. The van der Waals surface area contributed by atoms with E-state index in [1.54, 1.807) is 4.90 Å². The second kappa shape index (κ2) is 7.14. The number of aryl methyl sites for hydroxylation is 1. The summed E-state index contributed by atoms with van der Waals surface area (Å²) in [5.41, 5.74) is 1.89. The molecule has 2 unspecified atom stereocenters. The highest BCUT2D eigenvalue weighted by Gasteiger charge is 2.27. The molecule has 1 heterocycles. The van der Waals surface area contributed by atoms with Crippen LogP contribution in [0, 0.1) is 12.8 Å². The zero-order valence-electron chi connectivity index (χ0n) is 14.7. The number of nitrogens with zero attached hydrogens (tertiary/aromatic N) is 1. The van der Waals surface area contributed by atoms with Gasteiger partial charge in [-0.2, -0.15) is 0 Å². The molecule has 0 bridgehead atoms. The van der Waals surface area contributed by atoms with Crippen LogP contribution in [0.15, 0.2) is 23.1 Å². The van der Waals surface area contributed by atoms with Gasteiger partial charge in [-0.05, 0) is 43.0 Å². The number of thioether (sulfide) groups is 1. The lowest BCUT2D eigenvalue weighted by Crippen LogP contribution is -2.47. The molecule has 1 aliphatic heterocycles. The molecule has 1 aromatic carbocycles. The number of aliphatic hydroxyl groups is 1. The molecule has 128 valence electrons. The first-order valence-electron chi connectivity index (χ1n) is 8.19. The minimum absolute atomic E-state index is 0.129. The fourth-order valence-electron chi connectivity index (χ4n) is 2.62. The molecule has 0 spiro atoms. The Morgan fingerprint density at radius 2 is 2.09 bits per heavy atom. The summed E-state index contributed by atoms with van der Waals surface area (Å²) in [6, 6.07) is 5.99. The van der Waals surface area contributed by atoms with E-state index in [0.717, 1.165) is 17.7 Å². The monoisotopic (exact) mass is 336 g/mol. The summed E-state index contributed by atoms with van der Waals surface area (Å²) < 4.78 is 0.165. The first kappa shape index (κ1) is 18.1. The third kappa shape index (κ3) is 5.15. The van der Waals surface area contributed by atoms with Gasteiger partial charge in [0.1, 0.15) is 0 Å². The summed E-state index contributed by atoms with van der Waals surface area (Å²) in [6.45, 7) is 11.7. The van der Waals surface area contributed by atoms with E-state index >= 15 is 0 Å². The molecule has 0 radical (unpaired) electrons. The second-order valence-corrected chi connectivity index (χ2v) is 9.30. The number of hydrogen-bond donors (Lipinski definition) is 2. The Balaban J connectivity index is 2.01. The topological polar surface area (TPSA) is 52.6 Å². The van der Waals surface area contributed by atoms with Crippen molar-refractivity contribution in [3.63, 3.8) is 0 Å². The van der Waals surface area contributed by atoms with Crippen molar-refractivity contribution in [2.75, 3.05) is 18.4 Å². The van der Waals surface area contributed by atoms with E-state index in [-0.39, 0.29) is 16.7 Å². The van der Waals surface area contributed by atoms with Gasteiger partial charge in [0, 0.05) is 28.4 Å². The van der Waals surface area contributed by atoms with Crippen LogP contribution in [-0.2, 0) is 0 Å². The van der Waals surface area contributed by atoms with Crippen molar-refractivity contribution in [2.24, 2.45) is 5.92 Å². The van der Waals surface area contributed by atoms with E-state index in [2.05, 4.69) is 32.2 Å². The predicted molar refractivity (Wildman–Crippen MR) is 97.2 cm³/mol. The summed E-state index contributed by atoms with van der Waals surface area (Å²) >= 11 is 1.81. The molecule has 2 N–H and O–H groups in total. The molecule has 0 aromatic heterocycles. The first-order chi connectivity index (χ1) is 10.7. The number of nitrogens with one attached hydrogen (secondary N) is 1. The Morgan fingerprint density at radius 1 is 1.39 bits per heavy atom. The molecule has 2 rings (SSSR count). The van der Waals surface area contributed by atoms with E-state index in [9.17, 15) is 9.90 Å². The summed E-state index contributed by atoms with van der Waals surface area (Å²) in [5.74, 6) is 0.259. The highest BCUT2D eigenvalue weighted by molar-refractivity contribution is 8.00. The number of anilines is 1. The smallest absolute Gasteiger partial charge is 0.321 e. The van der Waals surface area contributed by atoms with E-state index in [0.29, 0.717) is 13.1 Å². The van der Waals surface area contributed by atoms with Crippen LogP contribution >= 0.6 is 11.8 Å². The van der Waals surface area contributed by atoms with Crippen LogP contribution in [0.2, 0.25) is 0 Å². The molecule has 5 heteroatoms. The van der Waals surface area contributed by atoms with Crippen molar-refractivity contribution < 1.29 is 9.90 Å². The molecule has 0 aliphatic carbocycles. The summed E-state index contributed by atoms with van der Waals surface area (Å²) in [5, 5.41) is 12.9. The SMILES string of the molecule is Cc1cc(SC(C)(C)C)ccc1NC(=O)N1CCC(C)C(O)C1. The van der Waals surface area contributed by atoms with Crippen molar-refractivity contribution in [3.8, 4) is 0 Å². The molecule has 1 aromatic rings. The van der Waals surface area contributed by atoms with E-state index in [1.165, 1.54) is 4.90 Å². The van der Waals surface area contributed by atoms with Gasteiger partial charge in [0.2, 0.25) is 0 Å². The van der Waals surface area contributed by atoms with Crippen LogP contribution < -0.4 is 5.32 Å². The quantitative estimate of drug-likeness (QED) is 0.799. The number of urea groups is 1. The second-order valence-electron chi connectivity index (χ2n) is 7.40. The molecule has 1 saturated heterocycles. The summed E-state index contributed by atoms with van der Waals surface area (Å²) in [7, 11) is 0. The van der Waals surface area contributed by atoms with Crippen LogP contribution in [-0.4, -0.2) is 40.0 Å². The van der Waals surface area contributed by atoms with Crippen LogP contribution in [0.5, 0.6) is 0 Å². The highest BCUT2D eigenvalue weighted by atomic mass is 32.2. The molecule has 2 atom stereocenters. The number of benzene rings is 1. The predicted octanol–water partition coefficient (Wildman–Crippen LogP) is 4.12. The van der Waals surface area contributed by atoms with Crippen molar-refractivity contribution in [1.29, 1.82) is 0 Å². The standard InChI is InChI=1S/C18H28N2O2S/c1-12-8-9-20(11-16(12)21)17(22)19-15-7-6-14(10-13(15)2)23-18(3,4)5/h6-7,10,12,16,21H,8-9,11H2,1-5H3,(H,19,22). The van der Waals surface area contributed by atoms with Crippen LogP contribution in [0.25, 0.3) is 0 Å². The molecule has 23 heavy (non-hydrogen) atoms. The number of hydrogen-bond acceptors (Lipinski definition) is 3. The molecule has 1 fully saturated rings. The third-order valence-electron chi connectivity index (χ3n) is 4.07. The van der Waals surface area contributed by atoms with Gasteiger partial charge in [0.15, 0.2) is 0 Å². The minimum Gasteiger partial charge on any atom is -0.391 e. The number of aliphatic hydroxyl groups excluding tert-OH is 1. The van der Waals surface area contributed by atoms with Gasteiger partial charge in [-0.15, -0.1) is 11.8 Å². The maximum absolute atomic E-state index is 12.4. The third-order valence-corrected chi connectivity index (χ3v) is 5.17. The van der Waals surface area contributed by atoms with Gasteiger partial charge in [-0.1, -0.05) is 27.7 Å². The van der Waals surface area contributed by atoms with E-state index in [4.69, 9.17) is 0 Å². The molecule has 1 aliphatic rings. The van der Waals surface area contributed by atoms with Crippen molar-refractivity contribution in [2.45, 2.75) is 56.8 Å². The zero-order valence-corrected chi connectivity index (χ0v) is 15.5. The molecule has 4 nitrogen and oxygen atoms in total. The van der Waals surface area contributed by atoms with Gasteiger partial charge in [0.05, 0.1) is 6.10 Å². The Hall–Kier alpha value is -1.20. The number of rotatable bonds is 2. The molecular formula is C18H28N2O2S. The van der Waals surface area contributed by atoms with E-state index < -0.39 is 6.10 Å². The fraction of sp³-hybridized carbons (Fsp3) is 0.611. The summed E-state index contributed by atoms with van der Waals surface area (Å²) in [4.78, 5) is 15.3. The van der Waals surface area contributed by atoms with Crippen LogP contribution in [0.1, 0.15) is 39.7 Å². The average Bonchev–Trinajstić information content (AvgIpc) is 2.43.